The topological polar surface area (TPSA) is 81.4 Å². The van der Waals surface area contributed by atoms with Gasteiger partial charge in [-0.05, 0) is 24.6 Å². The summed E-state index contributed by atoms with van der Waals surface area (Å²) in [5.41, 5.74) is 1.93. The van der Waals surface area contributed by atoms with Crippen LogP contribution in [-0.2, 0) is 0 Å². The zero-order chi connectivity index (χ0) is 13.9. The van der Waals surface area contributed by atoms with Crippen molar-refractivity contribution >= 4 is 5.95 Å². The van der Waals surface area contributed by atoms with Gasteiger partial charge in [0.25, 0.3) is 5.95 Å². The number of hydrogen-bond donors (Lipinski definition) is 1. The van der Waals surface area contributed by atoms with Crippen LogP contribution in [-0.4, -0.2) is 36.8 Å². The van der Waals surface area contributed by atoms with E-state index in [1.165, 1.54) is 0 Å². The van der Waals surface area contributed by atoms with Crippen molar-refractivity contribution in [1.29, 1.82) is 0 Å². The van der Waals surface area contributed by atoms with Gasteiger partial charge in [-0.1, -0.05) is 0 Å². The van der Waals surface area contributed by atoms with Crippen molar-refractivity contribution < 1.29 is 0 Å². The minimum atomic E-state index is 0.465. The van der Waals surface area contributed by atoms with Gasteiger partial charge < -0.3 is 5.32 Å². The molecule has 3 heterocycles. The lowest BCUT2D eigenvalue weighted by molar-refractivity contribution is 0.799. The standard InChI is InChI=1S/C13H13N7/c1-9-4-6-15-8-10(9)11-17-12(14-2)19-13(18-11)20-7-3-5-16-20/h3-8H,1-2H3,(H,14,17,18,19). The van der Waals surface area contributed by atoms with Crippen molar-refractivity contribution in [2.45, 2.75) is 6.92 Å². The van der Waals surface area contributed by atoms with E-state index in [2.05, 4.69) is 30.4 Å². The normalized spacial score (nSPS) is 10.5. The smallest absolute Gasteiger partial charge is 0.255 e. The van der Waals surface area contributed by atoms with E-state index in [0.717, 1.165) is 11.1 Å². The SMILES string of the molecule is CNc1nc(-c2cnccc2C)nc(-n2cccn2)n1. The first-order chi connectivity index (χ1) is 9.78. The molecule has 0 saturated heterocycles. The zero-order valence-corrected chi connectivity index (χ0v) is 11.1. The van der Waals surface area contributed by atoms with Crippen LogP contribution < -0.4 is 5.32 Å². The molecule has 0 radical (unpaired) electrons. The predicted molar refractivity (Wildman–Crippen MR) is 74.5 cm³/mol. The molecule has 0 aliphatic rings. The van der Waals surface area contributed by atoms with Gasteiger partial charge in [-0.2, -0.15) is 20.1 Å². The highest BCUT2D eigenvalue weighted by molar-refractivity contribution is 5.59. The number of aromatic nitrogens is 6. The van der Waals surface area contributed by atoms with Crippen molar-refractivity contribution in [3.8, 4) is 17.3 Å². The molecule has 0 fully saturated rings. The quantitative estimate of drug-likeness (QED) is 0.774. The molecule has 0 bridgehead atoms. The van der Waals surface area contributed by atoms with Crippen LogP contribution >= 0.6 is 0 Å². The average Bonchev–Trinajstić information content (AvgIpc) is 3.01. The zero-order valence-electron chi connectivity index (χ0n) is 11.1. The summed E-state index contributed by atoms with van der Waals surface area (Å²) < 4.78 is 1.59. The number of aryl methyl sites for hydroxylation is 1. The number of nitrogens with one attached hydrogen (secondary N) is 1. The van der Waals surface area contributed by atoms with Gasteiger partial charge in [0.1, 0.15) is 0 Å². The molecule has 0 amide bonds. The highest BCUT2D eigenvalue weighted by Crippen LogP contribution is 2.19. The summed E-state index contributed by atoms with van der Waals surface area (Å²) in [5.74, 6) is 1.52. The summed E-state index contributed by atoms with van der Waals surface area (Å²) in [5, 5.41) is 7.07. The molecule has 7 nitrogen and oxygen atoms in total. The molecule has 3 rings (SSSR count). The van der Waals surface area contributed by atoms with Crippen molar-refractivity contribution in [1.82, 2.24) is 29.7 Å². The molecule has 1 N–H and O–H groups in total. The van der Waals surface area contributed by atoms with Crippen LogP contribution in [0.25, 0.3) is 17.3 Å². The summed E-state index contributed by atoms with van der Waals surface area (Å²) in [4.78, 5) is 17.3. The summed E-state index contributed by atoms with van der Waals surface area (Å²) in [6.07, 6.45) is 6.96. The average molecular weight is 267 g/mol. The lowest BCUT2D eigenvalue weighted by Gasteiger charge is -2.08. The Balaban J connectivity index is 2.17. The molecule has 0 atom stereocenters. The Labute approximate surface area is 115 Å². The first-order valence-electron chi connectivity index (χ1n) is 6.13. The fourth-order valence-electron chi connectivity index (χ4n) is 1.78. The minimum absolute atomic E-state index is 0.465. The number of pyridine rings is 1. The third kappa shape index (κ3) is 2.20. The lowest BCUT2D eigenvalue weighted by Crippen LogP contribution is -2.08. The minimum Gasteiger partial charge on any atom is -0.357 e. The van der Waals surface area contributed by atoms with E-state index in [1.54, 1.807) is 36.5 Å². The van der Waals surface area contributed by atoms with Gasteiger partial charge in [0.15, 0.2) is 5.82 Å². The van der Waals surface area contributed by atoms with E-state index < -0.39 is 0 Å². The van der Waals surface area contributed by atoms with E-state index in [4.69, 9.17) is 0 Å². The Morgan fingerprint density at radius 2 is 2.05 bits per heavy atom. The first kappa shape index (κ1) is 12.2. The van der Waals surface area contributed by atoms with Crippen molar-refractivity contribution in [3.63, 3.8) is 0 Å². The Morgan fingerprint density at radius 1 is 1.15 bits per heavy atom. The van der Waals surface area contributed by atoms with Gasteiger partial charge in [-0.15, -0.1) is 0 Å². The molecule has 3 aromatic heterocycles. The van der Waals surface area contributed by atoms with Crippen LogP contribution in [0.1, 0.15) is 5.56 Å². The van der Waals surface area contributed by atoms with Gasteiger partial charge in [0.2, 0.25) is 5.95 Å². The lowest BCUT2D eigenvalue weighted by atomic mass is 10.1. The van der Waals surface area contributed by atoms with E-state index in [1.807, 2.05) is 19.1 Å². The van der Waals surface area contributed by atoms with Gasteiger partial charge in [-0.3, -0.25) is 4.98 Å². The van der Waals surface area contributed by atoms with Crippen molar-refractivity contribution in [2.24, 2.45) is 0 Å². The molecule has 20 heavy (non-hydrogen) atoms. The van der Waals surface area contributed by atoms with Crippen LogP contribution in [0.2, 0.25) is 0 Å². The van der Waals surface area contributed by atoms with E-state index in [0.29, 0.717) is 17.7 Å². The second-order valence-electron chi connectivity index (χ2n) is 4.17. The molecule has 0 aromatic carbocycles. The third-order valence-electron chi connectivity index (χ3n) is 2.84. The molecular weight excluding hydrogens is 254 g/mol. The highest BCUT2D eigenvalue weighted by Gasteiger charge is 2.11. The van der Waals surface area contributed by atoms with Crippen LogP contribution in [0.5, 0.6) is 0 Å². The monoisotopic (exact) mass is 267 g/mol. The maximum atomic E-state index is 4.45. The first-order valence-corrected chi connectivity index (χ1v) is 6.13. The summed E-state index contributed by atoms with van der Waals surface area (Å²) in [6, 6.07) is 3.74. The molecule has 3 aromatic rings. The molecule has 7 heteroatoms. The molecule has 0 aliphatic heterocycles. The maximum absolute atomic E-state index is 4.45. The second-order valence-corrected chi connectivity index (χ2v) is 4.17. The van der Waals surface area contributed by atoms with E-state index >= 15 is 0 Å². The Kier molecular flexibility index (Phi) is 3.08. The molecular formula is C13H13N7. The van der Waals surface area contributed by atoms with Crippen molar-refractivity contribution in [2.75, 3.05) is 12.4 Å². The highest BCUT2D eigenvalue weighted by atomic mass is 15.4. The Hall–Kier alpha value is -2.83. The molecule has 0 saturated carbocycles. The van der Waals surface area contributed by atoms with E-state index in [9.17, 15) is 0 Å². The summed E-state index contributed by atoms with van der Waals surface area (Å²) >= 11 is 0. The fourth-order valence-corrected chi connectivity index (χ4v) is 1.78. The van der Waals surface area contributed by atoms with Gasteiger partial charge in [-0.25, -0.2) is 4.68 Å². The van der Waals surface area contributed by atoms with Crippen LogP contribution in [0.15, 0.2) is 36.9 Å². The maximum Gasteiger partial charge on any atom is 0.255 e. The molecule has 100 valence electrons. The number of rotatable bonds is 3. The fraction of sp³-hybridized carbons (Fsp3) is 0.154. The van der Waals surface area contributed by atoms with Gasteiger partial charge in [0, 0.05) is 37.4 Å². The second kappa shape index (κ2) is 5.04. The Morgan fingerprint density at radius 3 is 2.75 bits per heavy atom. The number of hydrogen-bond acceptors (Lipinski definition) is 6. The Bertz CT molecular complexity index is 721. The number of anilines is 1. The summed E-state index contributed by atoms with van der Waals surface area (Å²) in [7, 11) is 1.77. The van der Waals surface area contributed by atoms with Gasteiger partial charge >= 0.3 is 0 Å². The third-order valence-corrected chi connectivity index (χ3v) is 2.84. The van der Waals surface area contributed by atoms with E-state index in [-0.39, 0.29) is 0 Å². The largest absolute Gasteiger partial charge is 0.357 e. The van der Waals surface area contributed by atoms with Gasteiger partial charge in [0.05, 0.1) is 0 Å². The predicted octanol–water partition coefficient (Wildman–Crippen LogP) is 1.47. The van der Waals surface area contributed by atoms with Crippen LogP contribution in [0, 0.1) is 6.92 Å². The van der Waals surface area contributed by atoms with Crippen molar-refractivity contribution in [3.05, 3.63) is 42.5 Å². The van der Waals surface area contributed by atoms with Crippen LogP contribution in [0.3, 0.4) is 0 Å². The molecule has 0 spiro atoms. The molecule has 0 unspecified atom stereocenters. The van der Waals surface area contributed by atoms with Crippen LogP contribution in [0.4, 0.5) is 5.95 Å². The molecule has 0 aliphatic carbocycles. The number of nitrogens with zero attached hydrogens (tertiary/aromatic N) is 6. The summed E-state index contributed by atoms with van der Waals surface area (Å²) in [6.45, 7) is 1.99.